The van der Waals surface area contributed by atoms with Gasteiger partial charge in [-0.15, -0.1) is 0 Å². The standard InChI is InChI=1S/C10H10ClN3OS/c1-6-3-9(15)8(4-7(6)11)14-10(16-2)13-5-12/h3-4,15H,1-2H3,(H,13,14). The first-order valence-corrected chi connectivity index (χ1v) is 5.95. The van der Waals surface area contributed by atoms with E-state index in [4.69, 9.17) is 16.9 Å². The zero-order chi connectivity index (χ0) is 12.1. The number of phenolic OH excluding ortho intramolecular Hbond substituents is 1. The van der Waals surface area contributed by atoms with Gasteiger partial charge < -0.3 is 5.11 Å². The Morgan fingerprint density at radius 1 is 1.62 bits per heavy atom. The normalized spacial score (nSPS) is 11.0. The number of benzene rings is 1. The molecular formula is C10H10ClN3OS. The van der Waals surface area contributed by atoms with E-state index >= 15 is 0 Å². The van der Waals surface area contributed by atoms with Gasteiger partial charge in [0.15, 0.2) is 11.4 Å². The molecule has 84 valence electrons. The summed E-state index contributed by atoms with van der Waals surface area (Å²) < 4.78 is 0. The fourth-order valence-electron chi connectivity index (χ4n) is 1.03. The lowest BCUT2D eigenvalue weighted by Crippen LogP contribution is -2.12. The lowest BCUT2D eigenvalue weighted by Gasteiger charge is -2.04. The fourth-order valence-corrected chi connectivity index (χ4v) is 1.52. The number of amidine groups is 1. The molecule has 2 N–H and O–H groups in total. The highest BCUT2D eigenvalue weighted by molar-refractivity contribution is 8.13. The molecule has 0 spiro atoms. The van der Waals surface area contributed by atoms with Crippen LogP contribution in [0.5, 0.6) is 5.75 Å². The third kappa shape index (κ3) is 3.05. The quantitative estimate of drug-likeness (QED) is 0.350. The largest absolute Gasteiger partial charge is 0.506 e. The van der Waals surface area contributed by atoms with Crippen molar-refractivity contribution in [2.75, 3.05) is 6.26 Å². The number of aromatic hydroxyl groups is 1. The van der Waals surface area contributed by atoms with Crippen molar-refractivity contribution in [1.82, 2.24) is 5.32 Å². The molecule has 0 unspecified atom stereocenters. The average molecular weight is 256 g/mol. The van der Waals surface area contributed by atoms with Gasteiger partial charge in [-0.2, -0.15) is 5.26 Å². The molecule has 1 aromatic carbocycles. The Hall–Kier alpha value is -1.38. The fraction of sp³-hybridized carbons (Fsp3) is 0.200. The number of rotatable bonds is 1. The minimum Gasteiger partial charge on any atom is -0.506 e. The molecule has 0 amide bonds. The molecular weight excluding hydrogens is 246 g/mol. The summed E-state index contributed by atoms with van der Waals surface area (Å²) in [5.41, 5.74) is 1.11. The molecule has 1 aromatic rings. The topological polar surface area (TPSA) is 68.4 Å². The smallest absolute Gasteiger partial charge is 0.183 e. The highest BCUT2D eigenvalue weighted by Gasteiger charge is 2.05. The van der Waals surface area contributed by atoms with Crippen LogP contribution in [0.4, 0.5) is 5.69 Å². The van der Waals surface area contributed by atoms with Crippen LogP contribution in [0, 0.1) is 18.4 Å². The van der Waals surface area contributed by atoms with Gasteiger partial charge in [-0.25, -0.2) is 4.99 Å². The minimum atomic E-state index is 0.0354. The Kier molecular flexibility index (Phi) is 4.47. The van der Waals surface area contributed by atoms with Crippen LogP contribution in [0.15, 0.2) is 17.1 Å². The van der Waals surface area contributed by atoms with E-state index in [1.165, 1.54) is 17.8 Å². The Bertz CT molecular complexity index is 468. The molecule has 0 aliphatic rings. The van der Waals surface area contributed by atoms with Gasteiger partial charge in [0.25, 0.3) is 0 Å². The molecule has 0 fully saturated rings. The SMILES string of the molecule is CSC(=Nc1cc(Cl)c(C)cc1O)NC#N. The second-order valence-corrected chi connectivity index (χ2v) is 4.15. The van der Waals surface area contributed by atoms with Crippen molar-refractivity contribution in [3.8, 4) is 11.9 Å². The van der Waals surface area contributed by atoms with Crippen LogP contribution in [-0.4, -0.2) is 16.5 Å². The second kappa shape index (κ2) is 5.64. The summed E-state index contributed by atoms with van der Waals surface area (Å²) in [6, 6.07) is 3.09. The summed E-state index contributed by atoms with van der Waals surface area (Å²) in [6.07, 6.45) is 3.54. The summed E-state index contributed by atoms with van der Waals surface area (Å²) in [7, 11) is 0. The number of halogens is 1. The van der Waals surface area contributed by atoms with Crippen molar-refractivity contribution < 1.29 is 5.11 Å². The minimum absolute atomic E-state index is 0.0354. The highest BCUT2D eigenvalue weighted by Crippen LogP contribution is 2.32. The van der Waals surface area contributed by atoms with E-state index < -0.39 is 0 Å². The van der Waals surface area contributed by atoms with Crippen LogP contribution in [0.25, 0.3) is 0 Å². The van der Waals surface area contributed by atoms with E-state index in [0.29, 0.717) is 15.9 Å². The van der Waals surface area contributed by atoms with E-state index in [-0.39, 0.29) is 5.75 Å². The molecule has 0 bridgehead atoms. The van der Waals surface area contributed by atoms with Crippen molar-refractivity contribution in [3.05, 3.63) is 22.7 Å². The molecule has 0 aliphatic heterocycles. The number of hydrogen-bond donors (Lipinski definition) is 2. The van der Waals surface area contributed by atoms with Gasteiger partial charge in [0.05, 0.1) is 0 Å². The van der Waals surface area contributed by atoms with E-state index in [1.54, 1.807) is 25.4 Å². The predicted octanol–water partition coefficient (Wildman–Crippen LogP) is 2.78. The summed E-state index contributed by atoms with van der Waals surface area (Å²) >= 11 is 7.19. The van der Waals surface area contributed by atoms with Gasteiger partial charge in [0.1, 0.15) is 11.4 Å². The van der Waals surface area contributed by atoms with E-state index in [9.17, 15) is 5.11 Å². The lowest BCUT2D eigenvalue weighted by molar-refractivity contribution is 0.476. The molecule has 16 heavy (non-hydrogen) atoms. The van der Waals surface area contributed by atoms with Crippen LogP contribution in [0.3, 0.4) is 0 Å². The van der Waals surface area contributed by atoms with E-state index in [2.05, 4.69) is 10.3 Å². The number of aliphatic imine (C=N–C) groups is 1. The molecule has 0 saturated heterocycles. The van der Waals surface area contributed by atoms with Crippen LogP contribution in [0.2, 0.25) is 5.02 Å². The van der Waals surface area contributed by atoms with Gasteiger partial charge in [0, 0.05) is 5.02 Å². The summed E-state index contributed by atoms with van der Waals surface area (Å²) in [6.45, 7) is 1.79. The zero-order valence-electron chi connectivity index (χ0n) is 8.78. The first-order valence-electron chi connectivity index (χ1n) is 4.35. The molecule has 0 aliphatic carbocycles. The van der Waals surface area contributed by atoms with Gasteiger partial charge in [-0.3, -0.25) is 5.32 Å². The van der Waals surface area contributed by atoms with Gasteiger partial charge in [0.2, 0.25) is 0 Å². The summed E-state index contributed by atoms with van der Waals surface area (Å²) in [5, 5.41) is 21.4. The van der Waals surface area contributed by atoms with E-state index in [1.807, 2.05) is 0 Å². The number of nitrogens with one attached hydrogen (secondary N) is 1. The predicted molar refractivity (Wildman–Crippen MR) is 67.2 cm³/mol. The van der Waals surface area contributed by atoms with Crippen molar-refractivity contribution in [2.45, 2.75) is 6.92 Å². The Labute approximate surface area is 103 Å². The van der Waals surface area contributed by atoms with Crippen molar-refractivity contribution >= 4 is 34.2 Å². The zero-order valence-corrected chi connectivity index (χ0v) is 10.4. The monoisotopic (exact) mass is 255 g/mol. The van der Waals surface area contributed by atoms with Gasteiger partial charge in [-0.1, -0.05) is 23.4 Å². The number of hydrogen-bond acceptors (Lipinski definition) is 4. The molecule has 0 radical (unpaired) electrons. The average Bonchev–Trinajstić information content (AvgIpc) is 2.25. The number of aryl methyl sites for hydroxylation is 1. The number of nitrogens with zero attached hydrogens (tertiary/aromatic N) is 2. The maximum Gasteiger partial charge on any atom is 0.183 e. The first kappa shape index (κ1) is 12.7. The molecule has 0 atom stereocenters. The van der Waals surface area contributed by atoms with Crippen LogP contribution in [-0.2, 0) is 0 Å². The molecule has 4 nitrogen and oxygen atoms in total. The summed E-state index contributed by atoms with van der Waals surface area (Å²) in [4.78, 5) is 4.08. The third-order valence-corrected chi connectivity index (χ3v) is 2.82. The summed E-state index contributed by atoms with van der Waals surface area (Å²) in [5.74, 6) is 0.0354. The first-order chi connectivity index (χ1) is 7.58. The molecule has 6 heteroatoms. The highest BCUT2D eigenvalue weighted by atomic mass is 35.5. The van der Waals surface area contributed by atoms with Crippen LogP contribution in [0.1, 0.15) is 5.56 Å². The third-order valence-electron chi connectivity index (χ3n) is 1.83. The molecule has 1 rings (SSSR count). The second-order valence-electron chi connectivity index (χ2n) is 2.95. The maximum absolute atomic E-state index is 9.64. The molecule has 0 aromatic heterocycles. The number of thioether (sulfide) groups is 1. The number of nitriles is 1. The Balaban J connectivity index is 3.14. The Morgan fingerprint density at radius 3 is 2.88 bits per heavy atom. The Morgan fingerprint density at radius 2 is 2.31 bits per heavy atom. The van der Waals surface area contributed by atoms with Crippen LogP contribution >= 0.6 is 23.4 Å². The van der Waals surface area contributed by atoms with Crippen molar-refractivity contribution in [1.29, 1.82) is 5.26 Å². The number of phenols is 1. The van der Waals surface area contributed by atoms with Crippen molar-refractivity contribution in [2.24, 2.45) is 4.99 Å². The van der Waals surface area contributed by atoms with Crippen LogP contribution < -0.4 is 5.32 Å². The maximum atomic E-state index is 9.64. The lowest BCUT2D eigenvalue weighted by atomic mass is 10.2. The van der Waals surface area contributed by atoms with Gasteiger partial charge >= 0.3 is 0 Å². The van der Waals surface area contributed by atoms with Gasteiger partial charge in [-0.05, 0) is 30.9 Å². The van der Waals surface area contributed by atoms with Crippen molar-refractivity contribution in [3.63, 3.8) is 0 Å². The molecule has 0 heterocycles. The van der Waals surface area contributed by atoms with E-state index in [0.717, 1.165) is 5.56 Å². The molecule has 0 saturated carbocycles.